The maximum absolute atomic E-state index is 12.1. The van der Waals surface area contributed by atoms with Crippen molar-refractivity contribution in [1.29, 1.82) is 0 Å². The number of fused-ring (bicyclic) bond motifs is 1. The van der Waals surface area contributed by atoms with E-state index in [1.165, 1.54) is 4.88 Å². The van der Waals surface area contributed by atoms with Gasteiger partial charge < -0.3 is 14.3 Å². The first-order valence-corrected chi connectivity index (χ1v) is 10.7. The Kier molecular flexibility index (Phi) is 5.80. The minimum absolute atomic E-state index is 0.171. The van der Waals surface area contributed by atoms with Crippen molar-refractivity contribution in [2.45, 2.75) is 45.4 Å². The molecule has 1 aliphatic rings. The van der Waals surface area contributed by atoms with E-state index in [0.29, 0.717) is 12.1 Å². The Morgan fingerprint density at radius 2 is 2.14 bits per heavy atom. The fraction of sp³-hybridized carbons (Fsp3) is 0.409. The third kappa shape index (κ3) is 4.29. The van der Waals surface area contributed by atoms with Gasteiger partial charge in [0.1, 0.15) is 11.3 Å². The van der Waals surface area contributed by atoms with Crippen LogP contribution in [0.1, 0.15) is 35.8 Å². The lowest BCUT2D eigenvalue weighted by Crippen LogP contribution is -2.31. The van der Waals surface area contributed by atoms with E-state index in [0.717, 1.165) is 55.5 Å². The number of hydrogen-bond donors (Lipinski definition) is 1. The predicted molar refractivity (Wildman–Crippen MR) is 111 cm³/mol. The molecule has 0 bridgehead atoms. The Labute approximate surface area is 168 Å². The Morgan fingerprint density at radius 3 is 2.86 bits per heavy atom. The van der Waals surface area contributed by atoms with Crippen LogP contribution < -0.4 is 5.63 Å². The highest BCUT2D eigenvalue weighted by molar-refractivity contribution is 7.09. The molecule has 0 spiro atoms. The fourth-order valence-electron chi connectivity index (χ4n) is 3.85. The van der Waals surface area contributed by atoms with Crippen molar-refractivity contribution in [2.75, 3.05) is 13.2 Å². The molecule has 0 unspecified atom stereocenters. The van der Waals surface area contributed by atoms with Crippen molar-refractivity contribution in [3.05, 3.63) is 62.1 Å². The minimum atomic E-state index is -0.390. The molecule has 4 rings (SSSR count). The summed E-state index contributed by atoms with van der Waals surface area (Å²) in [5.41, 5.74) is 1.83. The molecule has 1 N–H and O–H groups in total. The molecule has 0 saturated carbocycles. The van der Waals surface area contributed by atoms with Gasteiger partial charge >= 0.3 is 5.63 Å². The molecule has 1 saturated heterocycles. The van der Waals surface area contributed by atoms with Crippen LogP contribution in [0.15, 0.2) is 44.9 Å². The number of benzene rings is 1. The van der Waals surface area contributed by atoms with Gasteiger partial charge in [-0.1, -0.05) is 13.0 Å². The average molecular weight is 400 g/mol. The van der Waals surface area contributed by atoms with Crippen molar-refractivity contribution >= 4 is 22.3 Å². The van der Waals surface area contributed by atoms with Crippen molar-refractivity contribution in [1.82, 2.24) is 4.90 Å². The van der Waals surface area contributed by atoms with E-state index in [4.69, 9.17) is 9.15 Å². The van der Waals surface area contributed by atoms with Crippen LogP contribution in [0.3, 0.4) is 0 Å². The molecule has 0 radical (unpaired) electrons. The van der Waals surface area contributed by atoms with E-state index in [1.807, 2.05) is 13.0 Å². The van der Waals surface area contributed by atoms with E-state index >= 15 is 0 Å². The van der Waals surface area contributed by atoms with Crippen molar-refractivity contribution in [3.8, 4) is 5.75 Å². The summed E-state index contributed by atoms with van der Waals surface area (Å²) in [4.78, 5) is 15.8. The van der Waals surface area contributed by atoms with E-state index in [-0.39, 0.29) is 17.5 Å². The lowest BCUT2D eigenvalue weighted by molar-refractivity contribution is 0.0683. The molecule has 2 aromatic heterocycles. The van der Waals surface area contributed by atoms with Gasteiger partial charge in [-0.05, 0) is 47.9 Å². The highest BCUT2D eigenvalue weighted by Crippen LogP contribution is 2.28. The second-order valence-corrected chi connectivity index (χ2v) is 8.34. The molecule has 1 fully saturated rings. The fourth-order valence-corrected chi connectivity index (χ4v) is 4.59. The SMILES string of the molecule is CCc1cc2c(CN(Cc3cccs3)C[C@@H]3CCCO3)cc(=O)oc2cc1O. The number of ether oxygens (including phenoxy) is 1. The number of phenols is 1. The van der Waals surface area contributed by atoms with Crippen LogP contribution in [-0.2, 0) is 24.2 Å². The van der Waals surface area contributed by atoms with Crippen LogP contribution in [0.25, 0.3) is 11.0 Å². The monoisotopic (exact) mass is 399 g/mol. The number of nitrogens with zero attached hydrogens (tertiary/aromatic N) is 1. The lowest BCUT2D eigenvalue weighted by atomic mass is 10.0. The number of aryl methyl sites for hydroxylation is 1. The first-order valence-electron chi connectivity index (χ1n) is 9.77. The van der Waals surface area contributed by atoms with Crippen LogP contribution in [-0.4, -0.2) is 29.3 Å². The number of phenolic OH excluding ortho intramolecular Hbond substituents is 1. The average Bonchev–Trinajstić information content (AvgIpc) is 3.35. The van der Waals surface area contributed by atoms with Crippen LogP contribution in [0.2, 0.25) is 0 Å². The first-order chi connectivity index (χ1) is 13.6. The van der Waals surface area contributed by atoms with Crippen LogP contribution >= 0.6 is 11.3 Å². The maximum atomic E-state index is 12.1. The van der Waals surface area contributed by atoms with Crippen molar-refractivity contribution in [3.63, 3.8) is 0 Å². The van der Waals surface area contributed by atoms with Gasteiger partial charge in [0.05, 0.1) is 6.10 Å². The third-order valence-electron chi connectivity index (χ3n) is 5.25. The van der Waals surface area contributed by atoms with Crippen LogP contribution in [0, 0.1) is 0 Å². The molecule has 148 valence electrons. The topological polar surface area (TPSA) is 62.9 Å². The Hall–Kier alpha value is -2.15. The number of hydrogen-bond acceptors (Lipinski definition) is 6. The maximum Gasteiger partial charge on any atom is 0.336 e. The van der Waals surface area contributed by atoms with Gasteiger partial charge in [-0.15, -0.1) is 11.3 Å². The molecule has 1 atom stereocenters. The molecule has 5 nitrogen and oxygen atoms in total. The van der Waals surface area contributed by atoms with Crippen LogP contribution in [0.5, 0.6) is 5.75 Å². The lowest BCUT2D eigenvalue weighted by Gasteiger charge is -2.25. The molecule has 0 amide bonds. The highest BCUT2D eigenvalue weighted by atomic mass is 32.1. The number of thiophene rings is 1. The van der Waals surface area contributed by atoms with Crippen molar-refractivity contribution < 1.29 is 14.3 Å². The molecule has 3 aromatic rings. The van der Waals surface area contributed by atoms with Crippen LogP contribution in [0.4, 0.5) is 0 Å². The number of aromatic hydroxyl groups is 1. The Bertz CT molecular complexity index is 990. The summed E-state index contributed by atoms with van der Waals surface area (Å²) in [5.74, 6) is 0.171. The van der Waals surface area contributed by atoms with E-state index in [1.54, 1.807) is 23.5 Å². The van der Waals surface area contributed by atoms with E-state index < -0.39 is 0 Å². The zero-order valence-electron chi connectivity index (χ0n) is 16.0. The molecule has 3 heterocycles. The van der Waals surface area contributed by atoms with Gasteiger partial charge in [-0.25, -0.2) is 4.79 Å². The highest BCUT2D eigenvalue weighted by Gasteiger charge is 2.21. The van der Waals surface area contributed by atoms with Gasteiger partial charge in [0.25, 0.3) is 0 Å². The van der Waals surface area contributed by atoms with Crippen molar-refractivity contribution in [2.24, 2.45) is 0 Å². The van der Waals surface area contributed by atoms with E-state index in [9.17, 15) is 9.90 Å². The molecule has 1 aliphatic heterocycles. The Balaban J connectivity index is 1.68. The summed E-state index contributed by atoms with van der Waals surface area (Å²) < 4.78 is 11.2. The summed E-state index contributed by atoms with van der Waals surface area (Å²) >= 11 is 1.74. The normalized spacial score (nSPS) is 17.0. The van der Waals surface area contributed by atoms with Gasteiger partial charge in [0.2, 0.25) is 0 Å². The summed E-state index contributed by atoms with van der Waals surface area (Å²) in [5, 5.41) is 13.1. The molecule has 6 heteroatoms. The Morgan fingerprint density at radius 1 is 1.25 bits per heavy atom. The third-order valence-corrected chi connectivity index (χ3v) is 6.11. The minimum Gasteiger partial charge on any atom is -0.508 e. The first kappa shape index (κ1) is 19.2. The summed E-state index contributed by atoms with van der Waals surface area (Å²) in [6.45, 7) is 5.11. The largest absolute Gasteiger partial charge is 0.508 e. The number of rotatable bonds is 7. The van der Waals surface area contributed by atoms with Gasteiger partial charge in [-0.2, -0.15) is 0 Å². The van der Waals surface area contributed by atoms with Gasteiger partial charge in [-0.3, -0.25) is 4.90 Å². The molecule has 0 aliphatic carbocycles. The smallest absolute Gasteiger partial charge is 0.336 e. The summed E-state index contributed by atoms with van der Waals surface area (Å²) in [6.07, 6.45) is 3.14. The molecule has 1 aromatic carbocycles. The second kappa shape index (κ2) is 8.47. The zero-order chi connectivity index (χ0) is 19.5. The van der Waals surface area contributed by atoms with Gasteiger partial charge in [0, 0.05) is 48.6 Å². The quantitative estimate of drug-likeness (QED) is 0.600. The van der Waals surface area contributed by atoms with E-state index in [2.05, 4.69) is 22.4 Å². The second-order valence-electron chi connectivity index (χ2n) is 7.31. The van der Waals surface area contributed by atoms with Gasteiger partial charge in [0.15, 0.2) is 0 Å². The molecular weight excluding hydrogens is 374 g/mol. The summed E-state index contributed by atoms with van der Waals surface area (Å²) in [6, 6.07) is 9.28. The standard InChI is InChI=1S/C22H25NO4S/c1-2-15-9-19-16(10-22(25)27-21(19)11-20(15)24)12-23(13-17-5-3-7-26-17)14-18-6-4-8-28-18/h4,6,8-11,17,24H,2-3,5,7,12-14H2,1H3/t17-/m0/s1. The molecule has 28 heavy (non-hydrogen) atoms. The molecular formula is C22H25NO4S. The summed E-state index contributed by atoms with van der Waals surface area (Å²) in [7, 11) is 0. The predicted octanol–water partition coefficient (Wildman–Crippen LogP) is 4.30. The zero-order valence-corrected chi connectivity index (χ0v) is 16.8.